The van der Waals surface area contributed by atoms with E-state index in [1.54, 1.807) is 5.32 Å². The van der Waals surface area contributed by atoms with Crippen molar-refractivity contribution in [2.75, 3.05) is 12.4 Å². The van der Waals surface area contributed by atoms with Crippen molar-refractivity contribution in [1.29, 1.82) is 0 Å². The standard InChI is InChI=1S/C23H30N2O/c1-16(2)17-9-11-18(12-10-17)19-13-14-22(21(15-19)23(26)24-3)25-20-7-5-4-6-8-20/h9-16,20,25H,4-8H2,1-3H3,(H,24,26)/p+1. The van der Waals surface area contributed by atoms with Crippen LogP contribution in [0.2, 0.25) is 0 Å². The number of primary amides is 1. The summed E-state index contributed by atoms with van der Waals surface area (Å²) in [7, 11) is 1.82. The van der Waals surface area contributed by atoms with Crippen LogP contribution < -0.4 is 10.6 Å². The molecule has 138 valence electrons. The van der Waals surface area contributed by atoms with Crippen molar-refractivity contribution in [3.05, 3.63) is 53.6 Å². The molecule has 0 aromatic heterocycles. The monoisotopic (exact) mass is 351 g/mol. The number of quaternary nitrogens is 1. The highest BCUT2D eigenvalue weighted by atomic mass is 16.1. The molecular weight excluding hydrogens is 320 g/mol. The molecule has 2 aromatic carbocycles. The molecule has 1 aliphatic rings. The Kier molecular flexibility index (Phi) is 6.10. The van der Waals surface area contributed by atoms with Gasteiger partial charge in [0.1, 0.15) is 5.56 Å². The molecule has 0 bridgehead atoms. The summed E-state index contributed by atoms with van der Waals surface area (Å²) in [4.78, 5) is 12.5. The lowest BCUT2D eigenvalue weighted by molar-refractivity contribution is -0.523. The number of amides is 1. The summed E-state index contributed by atoms with van der Waals surface area (Å²) in [6.45, 7) is 4.41. The Hall–Kier alpha value is -2.13. The minimum absolute atomic E-state index is 0.0870. The number of nitrogens with one attached hydrogen (secondary N) is 1. The Morgan fingerprint density at radius 2 is 1.65 bits per heavy atom. The van der Waals surface area contributed by atoms with Crippen LogP contribution >= 0.6 is 0 Å². The second-order valence-corrected chi connectivity index (χ2v) is 7.67. The van der Waals surface area contributed by atoms with E-state index in [0.29, 0.717) is 12.0 Å². The van der Waals surface area contributed by atoms with Gasteiger partial charge in [0, 0.05) is 6.04 Å². The van der Waals surface area contributed by atoms with E-state index in [9.17, 15) is 4.79 Å². The largest absolute Gasteiger partial charge is 0.382 e. The normalized spacial score (nSPS) is 15.2. The molecule has 1 saturated carbocycles. The molecule has 0 radical (unpaired) electrons. The molecule has 2 aromatic rings. The number of carbonyl (C=O) groups excluding carboxylic acids is 1. The maximum absolute atomic E-state index is 12.5. The molecule has 0 saturated heterocycles. The summed E-state index contributed by atoms with van der Waals surface area (Å²) in [5, 5.41) is 5.29. The van der Waals surface area contributed by atoms with Crippen LogP contribution in [0.25, 0.3) is 11.1 Å². The maximum atomic E-state index is 12.5. The van der Waals surface area contributed by atoms with Gasteiger partial charge < -0.3 is 5.32 Å². The lowest BCUT2D eigenvalue weighted by Gasteiger charge is -2.24. The average Bonchev–Trinajstić information content (AvgIpc) is 2.68. The van der Waals surface area contributed by atoms with Gasteiger partial charge in [-0.05, 0) is 47.6 Å². The second-order valence-electron chi connectivity index (χ2n) is 7.67. The van der Waals surface area contributed by atoms with Crippen LogP contribution in [0.1, 0.15) is 67.8 Å². The zero-order valence-corrected chi connectivity index (χ0v) is 16.2. The number of nitrogens with two attached hydrogens (primary N) is 1. The fourth-order valence-corrected chi connectivity index (χ4v) is 3.74. The molecule has 0 aliphatic heterocycles. The van der Waals surface area contributed by atoms with Crippen LogP contribution in [0.3, 0.4) is 0 Å². The molecule has 0 unspecified atom stereocenters. The van der Waals surface area contributed by atoms with E-state index in [2.05, 4.69) is 55.6 Å². The fraction of sp³-hybridized carbons (Fsp3) is 0.435. The van der Waals surface area contributed by atoms with Gasteiger partial charge in [-0.15, -0.1) is 0 Å². The molecule has 3 nitrogen and oxygen atoms in total. The summed E-state index contributed by atoms with van der Waals surface area (Å²) in [5.74, 6) is 0.613. The van der Waals surface area contributed by atoms with Crippen molar-refractivity contribution in [2.45, 2.75) is 57.9 Å². The lowest BCUT2D eigenvalue weighted by Crippen LogP contribution is -2.83. The van der Waals surface area contributed by atoms with Gasteiger partial charge in [0.05, 0.1) is 12.7 Å². The Morgan fingerprint density at radius 1 is 1.00 bits per heavy atom. The first kappa shape index (κ1) is 18.7. The second kappa shape index (κ2) is 8.50. The number of carbonyl (C=O) groups is 1. The molecule has 3 N–H and O–H groups in total. The summed E-state index contributed by atoms with van der Waals surface area (Å²) >= 11 is 0. The molecular formula is C23H31N2O+. The van der Waals surface area contributed by atoms with Crippen LogP contribution in [-0.2, 0) is 0 Å². The minimum atomic E-state index is 0.0870. The van der Waals surface area contributed by atoms with Crippen molar-refractivity contribution < 1.29 is 10.1 Å². The first-order valence-corrected chi connectivity index (χ1v) is 9.93. The highest BCUT2D eigenvalue weighted by Gasteiger charge is 2.19. The van der Waals surface area contributed by atoms with Crippen LogP contribution in [0, 0.1) is 0 Å². The van der Waals surface area contributed by atoms with E-state index in [1.165, 1.54) is 37.7 Å². The van der Waals surface area contributed by atoms with Crippen LogP contribution in [0.4, 0.5) is 5.69 Å². The predicted octanol–water partition coefficient (Wildman–Crippen LogP) is 4.56. The SMILES string of the molecule is C[NH2+]C(=O)c1cc(-c2ccc(C(C)C)cc2)ccc1NC1CCCCC1. The van der Waals surface area contributed by atoms with Gasteiger partial charge >= 0.3 is 5.91 Å². The van der Waals surface area contributed by atoms with Gasteiger partial charge in [-0.3, -0.25) is 5.32 Å². The van der Waals surface area contributed by atoms with Gasteiger partial charge in [0.15, 0.2) is 0 Å². The highest BCUT2D eigenvalue weighted by Crippen LogP contribution is 2.29. The number of anilines is 1. The smallest absolute Gasteiger partial charge is 0.344 e. The summed E-state index contributed by atoms with van der Waals surface area (Å²) in [5.41, 5.74) is 5.34. The average molecular weight is 352 g/mol. The van der Waals surface area contributed by atoms with Gasteiger partial charge in [-0.25, -0.2) is 4.79 Å². The summed E-state index contributed by atoms with van der Waals surface area (Å²) < 4.78 is 0. The number of rotatable bonds is 5. The summed E-state index contributed by atoms with van der Waals surface area (Å²) in [6, 6.07) is 15.4. The van der Waals surface area contributed by atoms with Crippen molar-refractivity contribution >= 4 is 11.6 Å². The fourth-order valence-electron chi connectivity index (χ4n) is 3.74. The van der Waals surface area contributed by atoms with E-state index in [-0.39, 0.29) is 5.91 Å². The third-order valence-corrected chi connectivity index (χ3v) is 5.42. The lowest BCUT2D eigenvalue weighted by atomic mass is 9.94. The first-order valence-electron chi connectivity index (χ1n) is 9.93. The van der Waals surface area contributed by atoms with Gasteiger partial charge in [0.25, 0.3) is 0 Å². The number of benzene rings is 2. The van der Waals surface area contributed by atoms with Gasteiger partial charge in [-0.1, -0.05) is 63.4 Å². The maximum Gasteiger partial charge on any atom is 0.344 e. The predicted molar refractivity (Wildman–Crippen MR) is 109 cm³/mol. The molecule has 3 rings (SSSR count). The Labute approximate surface area is 157 Å². The van der Waals surface area contributed by atoms with Crippen LogP contribution in [0.15, 0.2) is 42.5 Å². The molecule has 3 heteroatoms. The van der Waals surface area contributed by atoms with Crippen LogP contribution in [-0.4, -0.2) is 19.0 Å². The first-order chi connectivity index (χ1) is 12.6. The third kappa shape index (κ3) is 4.34. The quantitative estimate of drug-likeness (QED) is 0.830. The van der Waals surface area contributed by atoms with Crippen molar-refractivity contribution in [3.63, 3.8) is 0 Å². The van der Waals surface area contributed by atoms with Crippen LogP contribution in [0.5, 0.6) is 0 Å². The zero-order chi connectivity index (χ0) is 18.5. The number of hydrogen-bond donors (Lipinski definition) is 2. The number of hydrogen-bond acceptors (Lipinski definition) is 2. The van der Waals surface area contributed by atoms with E-state index in [1.807, 2.05) is 13.1 Å². The Bertz CT molecular complexity index is 743. The van der Waals surface area contributed by atoms with Crippen molar-refractivity contribution in [2.24, 2.45) is 0 Å². The molecule has 1 amide bonds. The Morgan fingerprint density at radius 3 is 2.27 bits per heavy atom. The van der Waals surface area contributed by atoms with E-state index in [4.69, 9.17) is 0 Å². The molecule has 26 heavy (non-hydrogen) atoms. The van der Waals surface area contributed by atoms with E-state index in [0.717, 1.165) is 22.4 Å². The Balaban J connectivity index is 1.89. The molecule has 1 aliphatic carbocycles. The minimum Gasteiger partial charge on any atom is -0.382 e. The molecule has 0 spiro atoms. The molecule has 0 atom stereocenters. The highest BCUT2D eigenvalue weighted by molar-refractivity contribution is 5.95. The molecule has 0 heterocycles. The van der Waals surface area contributed by atoms with E-state index >= 15 is 0 Å². The molecule has 1 fully saturated rings. The van der Waals surface area contributed by atoms with Gasteiger partial charge in [0.2, 0.25) is 0 Å². The third-order valence-electron chi connectivity index (χ3n) is 5.42. The van der Waals surface area contributed by atoms with Crippen molar-refractivity contribution in [3.8, 4) is 11.1 Å². The van der Waals surface area contributed by atoms with Gasteiger partial charge in [-0.2, -0.15) is 0 Å². The topological polar surface area (TPSA) is 45.7 Å². The van der Waals surface area contributed by atoms with Crippen molar-refractivity contribution in [1.82, 2.24) is 0 Å². The zero-order valence-electron chi connectivity index (χ0n) is 16.2. The summed E-state index contributed by atoms with van der Waals surface area (Å²) in [6.07, 6.45) is 6.28. The van der Waals surface area contributed by atoms with E-state index < -0.39 is 0 Å².